The fraction of sp³-hybridized carbons (Fsp3) is 0.286. The summed E-state index contributed by atoms with van der Waals surface area (Å²) in [6, 6.07) is 5.41. The summed E-state index contributed by atoms with van der Waals surface area (Å²) in [6.07, 6.45) is 2.43. The average molecular weight is 450 g/mol. The van der Waals surface area contributed by atoms with Gasteiger partial charge >= 0.3 is 0 Å². The second kappa shape index (κ2) is 7.88. The van der Waals surface area contributed by atoms with Crippen LogP contribution in [0.2, 0.25) is 5.02 Å². The molecule has 0 saturated heterocycles. The number of nitrogens with two attached hydrogens (primary N) is 1. The van der Waals surface area contributed by atoms with E-state index in [1.54, 1.807) is 26.0 Å². The first-order valence-electron chi connectivity index (χ1n) is 9.50. The van der Waals surface area contributed by atoms with Gasteiger partial charge in [-0.1, -0.05) is 18.5 Å². The number of fused-ring (bicyclic) bond motifs is 1. The predicted molar refractivity (Wildman–Crippen MR) is 113 cm³/mol. The number of anilines is 2. The first-order valence-corrected chi connectivity index (χ1v) is 9.87. The number of rotatable bonds is 4. The van der Waals surface area contributed by atoms with Crippen molar-refractivity contribution >= 4 is 40.0 Å². The van der Waals surface area contributed by atoms with E-state index in [1.807, 2.05) is 0 Å². The zero-order chi connectivity index (χ0) is 22.3. The van der Waals surface area contributed by atoms with Crippen molar-refractivity contribution in [1.29, 1.82) is 0 Å². The first-order chi connectivity index (χ1) is 14.7. The summed E-state index contributed by atoms with van der Waals surface area (Å²) in [5.41, 5.74) is 4.33. The number of nitrogens with one attached hydrogen (secondary N) is 1. The number of nitrogens with zero attached hydrogens (tertiary/aromatic N) is 3. The molecule has 2 aromatic heterocycles. The van der Waals surface area contributed by atoms with Crippen LogP contribution in [-0.4, -0.2) is 28.8 Å². The molecule has 31 heavy (non-hydrogen) atoms. The number of aliphatic imine (C=N–C) groups is 1. The summed E-state index contributed by atoms with van der Waals surface area (Å²) in [6.45, 7) is 2.23. The molecule has 162 valence electrons. The molecule has 0 spiro atoms. The number of benzene rings is 1. The molecule has 3 atom stereocenters. The van der Waals surface area contributed by atoms with E-state index in [4.69, 9.17) is 22.1 Å². The SMILES string of the molecule is CC1OC(N)=N[C@@](CF)(c2cc(Nc3nccc4cc(Cl)cnc34)cc(F)c2F)[C@@H]1C. The van der Waals surface area contributed by atoms with Crippen LogP contribution in [0.25, 0.3) is 10.9 Å². The fourth-order valence-electron chi connectivity index (χ4n) is 3.77. The fourth-order valence-corrected chi connectivity index (χ4v) is 3.94. The lowest BCUT2D eigenvalue weighted by atomic mass is 9.76. The summed E-state index contributed by atoms with van der Waals surface area (Å²) in [4.78, 5) is 12.5. The van der Waals surface area contributed by atoms with Gasteiger partial charge in [0, 0.05) is 41.0 Å². The standard InChI is InChI=1S/C21H19ClF3N5O/c1-10-11(2)31-20(26)30-21(10,9-23)15-6-14(7-16(24)17(15)25)29-19-18-12(3-4-27-19)5-13(22)8-28-18/h3-8,10-11H,9H2,1-2H3,(H2,26,30)(H,27,29)/t10-,11?,21-/m1/s1. The number of hydrogen-bond acceptors (Lipinski definition) is 6. The van der Waals surface area contributed by atoms with E-state index in [2.05, 4.69) is 20.3 Å². The van der Waals surface area contributed by atoms with E-state index in [1.165, 1.54) is 18.5 Å². The van der Waals surface area contributed by atoms with Gasteiger partial charge in [-0.2, -0.15) is 0 Å². The molecule has 1 aliphatic rings. The number of amidine groups is 1. The quantitative estimate of drug-likeness (QED) is 0.595. The third kappa shape index (κ3) is 3.63. The minimum atomic E-state index is -1.73. The first kappa shape index (κ1) is 21.2. The van der Waals surface area contributed by atoms with Gasteiger partial charge in [0.15, 0.2) is 17.5 Å². The van der Waals surface area contributed by atoms with Crippen LogP contribution >= 0.6 is 11.6 Å². The minimum Gasteiger partial charge on any atom is -0.462 e. The highest BCUT2D eigenvalue weighted by atomic mass is 35.5. The highest BCUT2D eigenvalue weighted by Gasteiger charge is 2.47. The van der Waals surface area contributed by atoms with E-state index in [-0.39, 0.29) is 17.3 Å². The van der Waals surface area contributed by atoms with Crippen LogP contribution in [0.3, 0.4) is 0 Å². The lowest BCUT2D eigenvalue weighted by Crippen LogP contribution is -2.48. The number of pyridine rings is 2. The second-order valence-electron chi connectivity index (χ2n) is 7.45. The van der Waals surface area contributed by atoms with Gasteiger partial charge in [0.2, 0.25) is 0 Å². The van der Waals surface area contributed by atoms with Crippen molar-refractivity contribution in [3.8, 4) is 0 Å². The molecule has 3 aromatic rings. The Morgan fingerprint density at radius 2 is 2.00 bits per heavy atom. The summed E-state index contributed by atoms with van der Waals surface area (Å²) >= 11 is 5.98. The lowest BCUT2D eigenvalue weighted by Gasteiger charge is -2.40. The zero-order valence-corrected chi connectivity index (χ0v) is 17.4. The van der Waals surface area contributed by atoms with E-state index in [9.17, 15) is 13.2 Å². The molecule has 6 nitrogen and oxygen atoms in total. The Balaban J connectivity index is 1.84. The maximum atomic E-state index is 14.9. The Kier molecular flexibility index (Phi) is 5.38. The molecule has 0 bridgehead atoms. The lowest BCUT2D eigenvalue weighted by molar-refractivity contribution is 0.0491. The van der Waals surface area contributed by atoms with E-state index < -0.39 is 35.9 Å². The Bertz CT molecular complexity index is 1190. The molecular weight excluding hydrogens is 431 g/mol. The van der Waals surface area contributed by atoms with Gasteiger partial charge in [0.05, 0.1) is 5.02 Å². The summed E-state index contributed by atoms with van der Waals surface area (Å²) in [7, 11) is 0. The molecule has 3 N–H and O–H groups in total. The molecule has 0 amide bonds. The molecule has 10 heteroatoms. The summed E-state index contributed by atoms with van der Waals surface area (Å²) < 4.78 is 49.2. The van der Waals surface area contributed by atoms with Gasteiger partial charge in [-0.15, -0.1) is 0 Å². The normalized spacial score (nSPS) is 23.4. The topological polar surface area (TPSA) is 85.4 Å². The maximum Gasteiger partial charge on any atom is 0.283 e. The molecule has 4 rings (SSSR count). The molecule has 1 aromatic carbocycles. The Morgan fingerprint density at radius 1 is 1.23 bits per heavy atom. The van der Waals surface area contributed by atoms with Crippen molar-refractivity contribution in [3.63, 3.8) is 0 Å². The number of alkyl halides is 1. The molecule has 1 unspecified atom stereocenters. The summed E-state index contributed by atoms with van der Waals surface area (Å²) in [5, 5.41) is 4.09. The van der Waals surface area contributed by atoms with Crippen LogP contribution in [-0.2, 0) is 10.3 Å². The van der Waals surface area contributed by atoms with Gasteiger partial charge in [0.1, 0.15) is 23.8 Å². The third-order valence-electron chi connectivity index (χ3n) is 5.60. The number of halogens is 4. The smallest absolute Gasteiger partial charge is 0.283 e. The molecule has 0 radical (unpaired) electrons. The highest BCUT2D eigenvalue weighted by molar-refractivity contribution is 6.31. The van der Waals surface area contributed by atoms with Gasteiger partial charge in [-0.3, -0.25) is 4.98 Å². The van der Waals surface area contributed by atoms with Crippen molar-refractivity contribution < 1.29 is 17.9 Å². The van der Waals surface area contributed by atoms with Crippen molar-refractivity contribution in [1.82, 2.24) is 9.97 Å². The minimum absolute atomic E-state index is 0.151. The largest absolute Gasteiger partial charge is 0.462 e. The molecule has 0 fully saturated rings. The van der Waals surface area contributed by atoms with Gasteiger partial charge in [0.25, 0.3) is 6.02 Å². The maximum absolute atomic E-state index is 14.9. The summed E-state index contributed by atoms with van der Waals surface area (Å²) in [5.74, 6) is -2.68. The Morgan fingerprint density at radius 3 is 2.74 bits per heavy atom. The third-order valence-corrected chi connectivity index (χ3v) is 5.81. The molecule has 1 aliphatic heterocycles. The molecular formula is C21H19ClF3N5O. The Hall–Kier alpha value is -3.07. The predicted octanol–water partition coefficient (Wildman–Crippen LogP) is 4.84. The van der Waals surface area contributed by atoms with Crippen LogP contribution in [0.15, 0.2) is 41.7 Å². The van der Waals surface area contributed by atoms with Crippen molar-refractivity contribution in [2.75, 3.05) is 12.0 Å². The Labute approximate surface area is 181 Å². The number of aromatic nitrogens is 2. The number of ether oxygens (including phenoxy) is 1. The molecule has 0 saturated carbocycles. The van der Waals surface area contributed by atoms with Gasteiger partial charge in [-0.05, 0) is 25.1 Å². The van der Waals surface area contributed by atoms with E-state index in [0.717, 1.165) is 6.07 Å². The van der Waals surface area contributed by atoms with Crippen molar-refractivity contribution in [2.45, 2.75) is 25.5 Å². The van der Waals surface area contributed by atoms with Crippen LogP contribution in [0.5, 0.6) is 0 Å². The second-order valence-corrected chi connectivity index (χ2v) is 7.89. The van der Waals surface area contributed by atoms with E-state index in [0.29, 0.717) is 21.7 Å². The van der Waals surface area contributed by atoms with Crippen LogP contribution < -0.4 is 11.1 Å². The van der Waals surface area contributed by atoms with Crippen molar-refractivity contribution in [2.24, 2.45) is 16.6 Å². The average Bonchev–Trinajstić information content (AvgIpc) is 2.73. The molecule has 3 heterocycles. The van der Waals surface area contributed by atoms with Gasteiger partial charge in [-0.25, -0.2) is 23.1 Å². The molecule has 0 aliphatic carbocycles. The number of hydrogen-bond donors (Lipinski definition) is 2. The van der Waals surface area contributed by atoms with E-state index >= 15 is 0 Å². The van der Waals surface area contributed by atoms with Crippen LogP contribution in [0, 0.1) is 17.6 Å². The zero-order valence-electron chi connectivity index (χ0n) is 16.7. The van der Waals surface area contributed by atoms with Gasteiger partial charge < -0.3 is 15.8 Å². The monoisotopic (exact) mass is 449 g/mol. The van der Waals surface area contributed by atoms with Crippen molar-refractivity contribution in [3.05, 3.63) is 58.9 Å². The highest BCUT2D eigenvalue weighted by Crippen LogP contribution is 2.43. The van der Waals surface area contributed by atoms with Crippen LogP contribution in [0.4, 0.5) is 24.7 Å². The van der Waals surface area contributed by atoms with Crippen LogP contribution in [0.1, 0.15) is 19.4 Å².